The van der Waals surface area contributed by atoms with Gasteiger partial charge in [-0.3, -0.25) is 9.59 Å². The summed E-state index contributed by atoms with van der Waals surface area (Å²) in [4.78, 5) is 37.9. The molecule has 0 bridgehead atoms. The van der Waals surface area contributed by atoms with Gasteiger partial charge in [-0.05, 0) is 72.6 Å². The molecule has 3 aromatic rings. The highest BCUT2D eigenvalue weighted by Gasteiger charge is 2.48. The van der Waals surface area contributed by atoms with Crippen molar-refractivity contribution in [2.75, 3.05) is 11.5 Å². The van der Waals surface area contributed by atoms with Gasteiger partial charge >= 0.3 is 5.97 Å². The third-order valence-corrected chi connectivity index (χ3v) is 5.75. The molecule has 1 fully saturated rings. The number of Topliss-reactive ketones (excluding diaryl/α,β-unsaturated/α-hetero) is 1. The summed E-state index contributed by atoms with van der Waals surface area (Å²) >= 11 is 0. The summed E-state index contributed by atoms with van der Waals surface area (Å²) in [5.74, 6) is -2.44. The van der Waals surface area contributed by atoms with Crippen molar-refractivity contribution in [2.45, 2.75) is 18.9 Å². The van der Waals surface area contributed by atoms with Crippen LogP contribution in [0.4, 0.5) is 14.5 Å². The molecule has 174 valence electrons. The maximum absolute atomic E-state index is 13.4. The first-order chi connectivity index (χ1) is 16.3. The van der Waals surface area contributed by atoms with Gasteiger partial charge in [0.2, 0.25) is 5.91 Å². The van der Waals surface area contributed by atoms with Crippen molar-refractivity contribution in [3.05, 3.63) is 95.6 Å². The lowest BCUT2D eigenvalue weighted by Crippen LogP contribution is -2.55. The molecule has 3 aromatic carbocycles. The number of carboxylic acids is 1. The smallest absolute Gasteiger partial charge is 0.341 e. The molecule has 6 nitrogen and oxygen atoms in total. The van der Waals surface area contributed by atoms with Crippen LogP contribution in [0.5, 0.6) is 5.75 Å². The van der Waals surface area contributed by atoms with Gasteiger partial charge in [-0.15, -0.1) is 0 Å². The van der Waals surface area contributed by atoms with Crippen molar-refractivity contribution in [1.82, 2.24) is 0 Å². The predicted molar refractivity (Wildman–Crippen MR) is 120 cm³/mol. The minimum Gasteiger partial charge on any atom is -0.482 e. The molecule has 2 atom stereocenters. The molecule has 2 unspecified atom stereocenters. The third-order valence-electron chi connectivity index (χ3n) is 5.75. The molecule has 1 aliphatic rings. The van der Waals surface area contributed by atoms with Gasteiger partial charge < -0.3 is 14.7 Å². The van der Waals surface area contributed by atoms with E-state index in [1.807, 2.05) is 0 Å². The van der Waals surface area contributed by atoms with Gasteiger partial charge in [0, 0.05) is 17.7 Å². The quantitative estimate of drug-likeness (QED) is 0.363. The molecule has 1 amide bonds. The first-order valence-corrected chi connectivity index (χ1v) is 10.7. The summed E-state index contributed by atoms with van der Waals surface area (Å²) < 4.78 is 31.7. The summed E-state index contributed by atoms with van der Waals surface area (Å²) in [6.07, 6.45) is 0.393. The Labute approximate surface area is 194 Å². The van der Waals surface area contributed by atoms with Gasteiger partial charge in [-0.2, -0.15) is 0 Å². The summed E-state index contributed by atoms with van der Waals surface area (Å²) in [5.41, 5.74) is 1.68. The van der Waals surface area contributed by atoms with E-state index in [4.69, 9.17) is 9.84 Å². The Morgan fingerprint density at radius 2 is 1.47 bits per heavy atom. The van der Waals surface area contributed by atoms with Crippen LogP contribution in [0.25, 0.3) is 0 Å². The van der Waals surface area contributed by atoms with Crippen LogP contribution in [0.2, 0.25) is 0 Å². The van der Waals surface area contributed by atoms with Crippen LogP contribution in [-0.2, 0) is 9.59 Å². The molecule has 0 aromatic heterocycles. The standard InChI is InChI=1S/C26H21F2NO5/c27-18-5-1-16(2-6-18)23(30)14-13-22-25(17-3-11-21(12-4-17)34-15-24(31)32)29(26(22)33)20-9-7-19(28)8-10-20/h1-12,22,25H,13-15H2,(H,31,32). The average Bonchev–Trinajstić information content (AvgIpc) is 2.83. The Morgan fingerprint density at radius 1 is 0.882 bits per heavy atom. The highest BCUT2D eigenvalue weighted by molar-refractivity contribution is 6.04. The summed E-state index contributed by atoms with van der Waals surface area (Å²) in [5, 5.41) is 8.77. The lowest BCUT2D eigenvalue weighted by molar-refractivity contribution is -0.139. The van der Waals surface area contributed by atoms with Crippen LogP contribution in [0.3, 0.4) is 0 Å². The highest BCUT2D eigenvalue weighted by Crippen LogP contribution is 2.46. The van der Waals surface area contributed by atoms with Crippen LogP contribution in [0.1, 0.15) is 34.8 Å². The highest BCUT2D eigenvalue weighted by atomic mass is 19.1. The Bertz CT molecular complexity index is 1190. The average molecular weight is 465 g/mol. The number of carboxylic acid groups (broad SMARTS) is 1. The number of carbonyl (C=O) groups excluding carboxylic acids is 2. The first-order valence-electron chi connectivity index (χ1n) is 10.7. The maximum atomic E-state index is 13.4. The number of anilines is 1. The SMILES string of the molecule is O=C(O)COc1ccc(C2C(CCC(=O)c3ccc(F)cc3)C(=O)N2c2ccc(F)cc2)cc1. The number of ether oxygens (including phenoxy) is 1. The maximum Gasteiger partial charge on any atom is 0.341 e. The normalized spacial score (nSPS) is 17.2. The Morgan fingerprint density at radius 3 is 2.06 bits per heavy atom. The molecule has 8 heteroatoms. The van der Waals surface area contributed by atoms with Crippen LogP contribution < -0.4 is 9.64 Å². The Balaban J connectivity index is 1.54. The zero-order valence-electron chi connectivity index (χ0n) is 18.0. The summed E-state index contributed by atoms with van der Waals surface area (Å²) in [6, 6.07) is 17.2. The number of halogens is 2. The van der Waals surface area contributed by atoms with Crippen molar-refractivity contribution in [2.24, 2.45) is 5.92 Å². The number of β-lactam (4-membered cyclic amide) rings is 1. The van der Waals surface area contributed by atoms with E-state index in [-0.39, 0.29) is 24.5 Å². The van der Waals surface area contributed by atoms with Gasteiger partial charge in [0.1, 0.15) is 17.4 Å². The fraction of sp³-hybridized carbons (Fsp3) is 0.192. The van der Waals surface area contributed by atoms with Gasteiger partial charge in [0.05, 0.1) is 12.0 Å². The Hall–Kier alpha value is -4.07. The van der Waals surface area contributed by atoms with Crippen molar-refractivity contribution in [1.29, 1.82) is 0 Å². The zero-order chi connectivity index (χ0) is 24.2. The van der Waals surface area contributed by atoms with Gasteiger partial charge in [-0.1, -0.05) is 12.1 Å². The number of carbonyl (C=O) groups is 3. The third kappa shape index (κ3) is 4.96. The molecule has 0 aliphatic carbocycles. The number of amides is 1. The number of rotatable bonds is 9. The minimum atomic E-state index is -1.10. The van der Waals surface area contributed by atoms with E-state index < -0.39 is 36.2 Å². The monoisotopic (exact) mass is 465 g/mol. The second kappa shape index (κ2) is 9.82. The fourth-order valence-corrected chi connectivity index (χ4v) is 4.07. The van der Waals surface area contributed by atoms with E-state index in [9.17, 15) is 23.2 Å². The lowest BCUT2D eigenvalue weighted by Gasteiger charge is -2.47. The van der Waals surface area contributed by atoms with E-state index in [0.717, 1.165) is 5.56 Å². The molecule has 0 radical (unpaired) electrons. The van der Waals surface area contributed by atoms with Crippen LogP contribution in [0, 0.1) is 17.6 Å². The number of ketones is 1. The molecular weight excluding hydrogens is 444 g/mol. The topological polar surface area (TPSA) is 83.9 Å². The van der Waals surface area contributed by atoms with Crippen molar-refractivity contribution in [3.8, 4) is 5.75 Å². The van der Waals surface area contributed by atoms with E-state index in [1.54, 1.807) is 29.2 Å². The second-order valence-electron chi connectivity index (χ2n) is 7.96. The van der Waals surface area contributed by atoms with Crippen molar-refractivity contribution in [3.63, 3.8) is 0 Å². The van der Waals surface area contributed by atoms with Crippen LogP contribution >= 0.6 is 0 Å². The number of aliphatic carboxylic acids is 1. The molecule has 1 aliphatic heterocycles. The summed E-state index contributed by atoms with van der Waals surface area (Å²) in [6.45, 7) is -0.475. The molecule has 4 rings (SSSR count). The number of nitrogens with zero attached hydrogens (tertiary/aromatic N) is 1. The van der Waals surface area contributed by atoms with E-state index in [2.05, 4.69) is 0 Å². The van der Waals surface area contributed by atoms with Gasteiger partial charge in [-0.25, -0.2) is 13.6 Å². The molecule has 0 saturated carbocycles. The molecule has 1 saturated heterocycles. The van der Waals surface area contributed by atoms with E-state index in [0.29, 0.717) is 17.0 Å². The molecule has 0 spiro atoms. The zero-order valence-corrected chi connectivity index (χ0v) is 18.0. The number of hydrogen-bond donors (Lipinski definition) is 1. The lowest BCUT2D eigenvalue weighted by atomic mass is 9.78. The van der Waals surface area contributed by atoms with E-state index in [1.165, 1.54) is 48.5 Å². The predicted octanol–water partition coefficient (Wildman–Crippen LogP) is 4.80. The fourth-order valence-electron chi connectivity index (χ4n) is 4.07. The van der Waals surface area contributed by atoms with Gasteiger partial charge in [0.25, 0.3) is 0 Å². The van der Waals surface area contributed by atoms with Crippen LogP contribution in [-0.4, -0.2) is 29.4 Å². The molecular formula is C26H21F2NO5. The molecule has 34 heavy (non-hydrogen) atoms. The Kier molecular flexibility index (Phi) is 6.67. The van der Waals surface area contributed by atoms with Crippen LogP contribution in [0.15, 0.2) is 72.8 Å². The molecule has 1 heterocycles. The minimum absolute atomic E-state index is 0.107. The number of hydrogen-bond acceptors (Lipinski definition) is 4. The van der Waals surface area contributed by atoms with E-state index >= 15 is 0 Å². The molecule has 1 N–H and O–H groups in total. The first kappa shape index (κ1) is 23.1. The second-order valence-corrected chi connectivity index (χ2v) is 7.96. The largest absolute Gasteiger partial charge is 0.482 e. The van der Waals surface area contributed by atoms with Gasteiger partial charge in [0.15, 0.2) is 12.4 Å². The number of benzene rings is 3. The van der Waals surface area contributed by atoms with Crippen molar-refractivity contribution >= 4 is 23.3 Å². The summed E-state index contributed by atoms with van der Waals surface area (Å²) in [7, 11) is 0. The van der Waals surface area contributed by atoms with Crippen molar-refractivity contribution < 1.29 is 33.0 Å².